The van der Waals surface area contributed by atoms with Gasteiger partial charge < -0.3 is 15.6 Å². The van der Waals surface area contributed by atoms with Crippen molar-refractivity contribution in [1.82, 2.24) is 14.9 Å². The third-order valence-electron chi connectivity index (χ3n) is 4.72. The van der Waals surface area contributed by atoms with Crippen molar-refractivity contribution in [2.75, 3.05) is 0 Å². The lowest BCUT2D eigenvalue weighted by Gasteiger charge is -2.18. The second-order valence-corrected chi connectivity index (χ2v) is 7.07. The van der Waals surface area contributed by atoms with E-state index in [2.05, 4.69) is 10.3 Å². The van der Waals surface area contributed by atoms with Gasteiger partial charge >= 0.3 is 0 Å². The highest BCUT2D eigenvalue weighted by Gasteiger charge is 2.18. The SMILES string of the molecule is Cc1ccc(C(C)NC(=O)[C@@H](N)Cc2cn(Cc3ccccc3)cn2)cc1F.Cl.Cl. The highest BCUT2D eigenvalue weighted by atomic mass is 35.5. The molecule has 30 heavy (non-hydrogen) atoms. The Hall–Kier alpha value is -2.41. The first kappa shape index (κ1) is 25.6. The number of aryl methyl sites for hydroxylation is 1. The van der Waals surface area contributed by atoms with Gasteiger partial charge in [-0.05, 0) is 36.6 Å². The number of nitrogens with two attached hydrogens (primary N) is 1. The molecular formula is C22H27Cl2FN4O. The first-order valence-corrected chi connectivity index (χ1v) is 9.29. The van der Waals surface area contributed by atoms with Crippen molar-refractivity contribution in [2.45, 2.75) is 38.9 Å². The number of aromatic nitrogens is 2. The number of rotatable bonds is 7. The van der Waals surface area contributed by atoms with Crippen molar-refractivity contribution in [1.29, 1.82) is 0 Å². The Bertz CT molecular complexity index is 949. The van der Waals surface area contributed by atoms with Gasteiger partial charge in [0.25, 0.3) is 0 Å². The zero-order valence-corrected chi connectivity index (χ0v) is 18.5. The summed E-state index contributed by atoms with van der Waals surface area (Å²) < 4.78 is 15.7. The van der Waals surface area contributed by atoms with Crippen LogP contribution in [-0.4, -0.2) is 21.5 Å². The van der Waals surface area contributed by atoms with Crippen molar-refractivity contribution in [3.05, 3.63) is 89.3 Å². The fraction of sp³-hybridized carbons (Fsp3) is 0.273. The average molecular weight is 453 g/mol. The van der Waals surface area contributed by atoms with Crippen LogP contribution in [0.3, 0.4) is 0 Å². The van der Waals surface area contributed by atoms with Gasteiger partial charge in [0.2, 0.25) is 5.91 Å². The lowest BCUT2D eigenvalue weighted by molar-refractivity contribution is -0.123. The number of carbonyl (C=O) groups excluding carboxylic acids is 1. The van der Waals surface area contributed by atoms with Crippen LogP contribution < -0.4 is 11.1 Å². The minimum absolute atomic E-state index is 0. The summed E-state index contributed by atoms with van der Waals surface area (Å²) in [5.74, 6) is -0.571. The van der Waals surface area contributed by atoms with E-state index in [0.717, 1.165) is 5.69 Å². The van der Waals surface area contributed by atoms with Crippen LogP contribution in [0.5, 0.6) is 0 Å². The van der Waals surface area contributed by atoms with E-state index >= 15 is 0 Å². The van der Waals surface area contributed by atoms with E-state index < -0.39 is 6.04 Å². The molecule has 5 nitrogen and oxygen atoms in total. The summed E-state index contributed by atoms with van der Waals surface area (Å²) in [6.07, 6.45) is 3.98. The van der Waals surface area contributed by atoms with Gasteiger partial charge in [-0.1, -0.05) is 42.5 Å². The number of benzene rings is 2. The van der Waals surface area contributed by atoms with Gasteiger partial charge in [-0.2, -0.15) is 0 Å². The number of hydrogen-bond donors (Lipinski definition) is 2. The molecule has 1 aromatic heterocycles. The van der Waals surface area contributed by atoms with Crippen LogP contribution in [0.4, 0.5) is 4.39 Å². The van der Waals surface area contributed by atoms with Gasteiger partial charge in [0.1, 0.15) is 5.82 Å². The molecule has 0 saturated carbocycles. The summed E-state index contributed by atoms with van der Waals surface area (Å²) in [5, 5.41) is 2.84. The fourth-order valence-electron chi connectivity index (χ4n) is 2.99. The van der Waals surface area contributed by atoms with E-state index in [1.807, 2.05) is 48.0 Å². The molecular weight excluding hydrogens is 426 g/mol. The number of imidazole rings is 1. The highest BCUT2D eigenvalue weighted by molar-refractivity contribution is 5.85. The van der Waals surface area contributed by atoms with Crippen molar-refractivity contribution in [2.24, 2.45) is 5.73 Å². The maximum absolute atomic E-state index is 13.7. The van der Waals surface area contributed by atoms with E-state index in [1.165, 1.54) is 11.6 Å². The Morgan fingerprint density at radius 2 is 1.90 bits per heavy atom. The minimum atomic E-state index is -0.724. The number of nitrogens with zero attached hydrogens (tertiary/aromatic N) is 2. The number of carbonyl (C=O) groups is 1. The molecule has 162 valence electrons. The first-order valence-electron chi connectivity index (χ1n) is 9.29. The molecule has 1 unspecified atom stereocenters. The highest BCUT2D eigenvalue weighted by Crippen LogP contribution is 2.16. The normalized spacial score (nSPS) is 12.3. The Kier molecular flexibility index (Phi) is 9.99. The zero-order valence-electron chi connectivity index (χ0n) is 16.9. The molecule has 1 amide bonds. The molecule has 2 atom stereocenters. The van der Waals surface area contributed by atoms with E-state index in [9.17, 15) is 9.18 Å². The van der Waals surface area contributed by atoms with Crippen molar-refractivity contribution < 1.29 is 9.18 Å². The maximum Gasteiger partial charge on any atom is 0.237 e. The molecule has 0 saturated heterocycles. The van der Waals surface area contributed by atoms with E-state index in [1.54, 1.807) is 25.4 Å². The molecule has 0 aliphatic carbocycles. The second kappa shape index (κ2) is 11.7. The Balaban J connectivity index is 0.00000225. The summed E-state index contributed by atoms with van der Waals surface area (Å²) in [6, 6.07) is 14.0. The quantitative estimate of drug-likeness (QED) is 0.569. The number of halogens is 3. The molecule has 8 heteroatoms. The molecule has 0 bridgehead atoms. The van der Waals surface area contributed by atoms with Gasteiger partial charge in [0, 0.05) is 19.2 Å². The third-order valence-corrected chi connectivity index (χ3v) is 4.72. The summed E-state index contributed by atoms with van der Waals surface area (Å²) in [6.45, 7) is 4.23. The first-order chi connectivity index (χ1) is 13.4. The molecule has 0 aliphatic heterocycles. The Morgan fingerprint density at radius 1 is 1.20 bits per heavy atom. The molecule has 0 aliphatic rings. The number of hydrogen-bond acceptors (Lipinski definition) is 3. The van der Waals surface area contributed by atoms with Crippen LogP contribution >= 0.6 is 24.8 Å². The molecule has 0 fully saturated rings. The largest absolute Gasteiger partial charge is 0.348 e. The smallest absolute Gasteiger partial charge is 0.237 e. The van der Waals surface area contributed by atoms with Gasteiger partial charge in [-0.25, -0.2) is 9.37 Å². The van der Waals surface area contributed by atoms with E-state index in [0.29, 0.717) is 24.1 Å². The number of amides is 1. The molecule has 3 aromatic rings. The Morgan fingerprint density at radius 3 is 2.57 bits per heavy atom. The molecule has 0 radical (unpaired) electrons. The van der Waals surface area contributed by atoms with Crippen LogP contribution in [0.15, 0.2) is 61.1 Å². The van der Waals surface area contributed by atoms with Crippen molar-refractivity contribution in [3.63, 3.8) is 0 Å². The van der Waals surface area contributed by atoms with Crippen LogP contribution in [0, 0.1) is 12.7 Å². The standard InChI is InChI=1S/C22H25FN4O.2ClH/c1-15-8-9-18(10-20(15)23)16(2)26-22(28)21(24)11-19-13-27(14-25-19)12-17-6-4-3-5-7-17;;/h3-10,13-14,16,21H,11-12,24H2,1-2H3,(H,26,28);2*1H/t16?,21-;;/m0../s1. The van der Waals surface area contributed by atoms with Crippen LogP contribution in [0.2, 0.25) is 0 Å². The molecule has 0 spiro atoms. The fourth-order valence-corrected chi connectivity index (χ4v) is 2.99. The van der Waals surface area contributed by atoms with Gasteiger partial charge in [-0.3, -0.25) is 4.79 Å². The summed E-state index contributed by atoms with van der Waals surface area (Å²) >= 11 is 0. The van der Waals surface area contributed by atoms with Crippen molar-refractivity contribution in [3.8, 4) is 0 Å². The zero-order chi connectivity index (χ0) is 20.1. The number of nitrogens with one attached hydrogen (secondary N) is 1. The summed E-state index contributed by atoms with van der Waals surface area (Å²) in [4.78, 5) is 16.8. The average Bonchev–Trinajstić information content (AvgIpc) is 3.11. The minimum Gasteiger partial charge on any atom is -0.348 e. The maximum atomic E-state index is 13.7. The molecule has 3 N–H and O–H groups in total. The summed E-state index contributed by atoms with van der Waals surface area (Å²) in [7, 11) is 0. The molecule has 2 aromatic carbocycles. The van der Waals surface area contributed by atoms with Crippen LogP contribution in [0.1, 0.15) is 35.3 Å². The van der Waals surface area contributed by atoms with Gasteiger partial charge in [-0.15, -0.1) is 24.8 Å². The predicted molar refractivity (Wildman–Crippen MR) is 122 cm³/mol. The Labute approximate surface area is 188 Å². The van der Waals surface area contributed by atoms with Gasteiger partial charge in [0.15, 0.2) is 0 Å². The van der Waals surface area contributed by atoms with E-state index in [-0.39, 0.29) is 42.6 Å². The van der Waals surface area contributed by atoms with Crippen molar-refractivity contribution >= 4 is 30.7 Å². The molecule has 3 rings (SSSR count). The lowest BCUT2D eigenvalue weighted by atomic mass is 10.0. The van der Waals surface area contributed by atoms with Crippen LogP contribution in [0.25, 0.3) is 0 Å². The molecule has 1 heterocycles. The predicted octanol–water partition coefficient (Wildman–Crippen LogP) is 3.97. The van der Waals surface area contributed by atoms with Gasteiger partial charge in [0.05, 0.1) is 24.1 Å². The summed E-state index contributed by atoms with van der Waals surface area (Å²) in [5.41, 5.74) is 9.27. The lowest BCUT2D eigenvalue weighted by Crippen LogP contribution is -2.43. The third kappa shape index (κ3) is 6.83. The monoisotopic (exact) mass is 452 g/mol. The topological polar surface area (TPSA) is 72.9 Å². The van der Waals surface area contributed by atoms with E-state index in [4.69, 9.17) is 5.73 Å². The van der Waals surface area contributed by atoms with Crippen LogP contribution in [-0.2, 0) is 17.8 Å². The second-order valence-electron chi connectivity index (χ2n) is 7.07.